The van der Waals surface area contributed by atoms with Crippen LogP contribution in [-0.4, -0.2) is 41.5 Å². The van der Waals surface area contributed by atoms with Crippen molar-refractivity contribution in [1.29, 1.82) is 0 Å². The van der Waals surface area contributed by atoms with Gasteiger partial charge in [-0.05, 0) is 51.5 Å². The first-order chi connectivity index (χ1) is 12.7. The number of carbonyl (C=O) groups excluding carboxylic acids is 1. The monoisotopic (exact) mass is 411 g/mol. The number of fused-ring (bicyclic) bond motifs is 3. The van der Waals surface area contributed by atoms with Gasteiger partial charge in [0.05, 0.1) is 23.9 Å². The first-order valence-corrected chi connectivity index (χ1v) is 10.7. The number of ether oxygens (including phenoxy) is 2. The van der Waals surface area contributed by atoms with Crippen molar-refractivity contribution >= 4 is 29.7 Å². The number of halogens is 1. The minimum atomic E-state index is -0.459. The Morgan fingerprint density at radius 1 is 1.33 bits per heavy atom. The van der Waals surface area contributed by atoms with E-state index in [1.165, 1.54) is 12.0 Å². The summed E-state index contributed by atoms with van der Waals surface area (Å²) in [6.45, 7) is 7.85. The molecule has 5 nitrogen and oxygen atoms in total. The summed E-state index contributed by atoms with van der Waals surface area (Å²) in [5.41, 5.74) is 0.740. The molecule has 1 spiro atoms. The second kappa shape index (κ2) is 7.05. The van der Waals surface area contributed by atoms with Gasteiger partial charge < -0.3 is 18.6 Å². The van der Waals surface area contributed by atoms with E-state index in [0.717, 1.165) is 37.2 Å². The second-order valence-electron chi connectivity index (χ2n) is 8.80. The predicted molar refractivity (Wildman–Crippen MR) is 106 cm³/mol. The molecule has 0 aliphatic carbocycles. The standard InChI is InChI=1S/C20H26ClNO4S/c1-19(2,3)25-18(23)22-8-6-20(7-9-22)11-16-17(24-12-20)14-5-4-13(21)10-15(14)26-27-16/h4-5,10,16-17H,6-9,11-12H2,1-3H3. The molecule has 4 rings (SSSR count). The van der Waals surface area contributed by atoms with Crippen molar-refractivity contribution in [3.63, 3.8) is 0 Å². The van der Waals surface area contributed by atoms with Crippen molar-refractivity contribution in [3.05, 3.63) is 28.8 Å². The average molecular weight is 412 g/mol. The van der Waals surface area contributed by atoms with Gasteiger partial charge in [-0.15, -0.1) is 0 Å². The van der Waals surface area contributed by atoms with Crippen LogP contribution >= 0.6 is 23.6 Å². The maximum absolute atomic E-state index is 12.3. The van der Waals surface area contributed by atoms with Gasteiger partial charge in [0, 0.05) is 29.7 Å². The summed E-state index contributed by atoms with van der Waals surface area (Å²) < 4.78 is 17.7. The molecule has 3 aliphatic rings. The number of nitrogens with zero attached hydrogens (tertiary/aromatic N) is 1. The van der Waals surface area contributed by atoms with Gasteiger partial charge in [-0.1, -0.05) is 17.7 Å². The number of hydrogen-bond acceptors (Lipinski definition) is 5. The van der Waals surface area contributed by atoms with E-state index in [2.05, 4.69) is 0 Å². The molecule has 2 atom stereocenters. The highest BCUT2D eigenvalue weighted by molar-refractivity contribution is 7.95. The van der Waals surface area contributed by atoms with Gasteiger partial charge in [0.25, 0.3) is 0 Å². The van der Waals surface area contributed by atoms with E-state index in [4.69, 9.17) is 25.3 Å². The number of rotatable bonds is 0. The summed E-state index contributed by atoms with van der Waals surface area (Å²) in [5, 5.41) is 0.940. The lowest BCUT2D eigenvalue weighted by Crippen LogP contribution is -2.50. The SMILES string of the molecule is CC(C)(C)OC(=O)N1CCC2(CC1)COC1c3ccc(Cl)cc3OSC1C2. The third-order valence-corrected chi connectivity index (χ3v) is 6.73. The highest BCUT2D eigenvalue weighted by atomic mass is 35.5. The molecular formula is C20H26ClNO4S. The zero-order valence-corrected chi connectivity index (χ0v) is 17.6. The Labute approximate surface area is 169 Å². The fraction of sp³-hybridized carbons (Fsp3) is 0.650. The number of piperidine rings is 1. The van der Waals surface area contributed by atoms with Crippen LogP contribution in [0.4, 0.5) is 4.79 Å². The van der Waals surface area contributed by atoms with Gasteiger partial charge in [0.2, 0.25) is 0 Å². The van der Waals surface area contributed by atoms with E-state index in [9.17, 15) is 4.79 Å². The molecule has 2 fully saturated rings. The van der Waals surface area contributed by atoms with Crippen LogP contribution in [0.1, 0.15) is 51.7 Å². The summed E-state index contributed by atoms with van der Waals surface area (Å²) in [7, 11) is 0. The van der Waals surface area contributed by atoms with E-state index in [1.54, 1.807) is 0 Å². The van der Waals surface area contributed by atoms with Crippen molar-refractivity contribution in [1.82, 2.24) is 4.90 Å². The van der Waals surface area contributed by atoms with Gasteiger partial charge in [-0.25, -0.2) is 4.79 Å². The van der Waals surface area contributed by atoms with Crippen LogP contribution in [0.3, 0.4) is 0 Å². The Hall–Kier alpha value is -1.11. The molecule has 0 radical (unpaired) electrons. The minimum Gasteiger partial charge on any atom is -0.444 e. The Bertz CT molecular complexity index is 727. The quantitative estimate of drug-likeness (QED) is 0.547. The molecule has 3 aliphatic heterocycles. The summed E-state index contributed by atoms with van der Waals surface area (Å²) in [5.74, 6) is 0.810. The van der Waals surface area contributed by atoms with Crippen molar-refractivity contribution in [2.75, 3.05) is 19.7 Å². The van der Waals surface area contributed by atoms with Crippen LogP contribution in [0.15, 0.2) is 18.2 Å². The number of hydrogen-bond donors (Lipinski definition) is 0. The molecule has 0 saturated carbocycles. The lowest BCUT2D eigenvalue weighted by Gasteiger charge is -2.49. The smallest absolute Gasteiger partial charge is 0.410 e. The average Bonchev–Trinajstić information content (AvgIpc) is 2.60. The van der Waals surface area contributed by atoms with E-state index in [1.807, 2.05) is 43.9 Å². The summed E-state index contributed by atoms with van der Waals surface area (Å²) in [6, 6.07) is 5.76. The van der Waals surface area contributed by atoms with Crippen LogP contribution in [0.25, 0.3) is 0 Å². The zero-order chi connectivity index (χ0) is 19.2. The lowest BCUT2D eigenvalue weighted by molar-refractivity contribution is -0.0861. The third kappa shape index (κ3) is 4.03. The van der Waals surface area contributed by atoms with E-state index in [-0.39, 0.29) is 22.9 Å². The molecule has 1 aromatic rings. The molecule has 0 aromatic heterocycles. The number of benzene rings is 1. The third-order valence-electron chi connectivity index (χ3n) is 5.56. The largest absolute Gasteiger partial charge is 0.444 e. The Morgan fingerprint density at radius 2 is 2.07 bits per heavy atom. The predicted octanol–water partition coefficient (Wildman–Crippen LogP) is 5.23. The first-order valence-electron chi connectivity index (χ1n) is 9.47. The van der Waals surface area contributed by atoms with E-state index >= 15 is 0 Å². The highest BCUT2D eigenvalue weighted by Crippen LogP contribution is 2.53. The van der Waals surface area contributed by atoms with Crippen molar-refractivity contribution in [3.8, 4) is 5.75 Å². The molecule has 0 bridgehead atoms. The van der Waals surface area contributed by atoms with Crippen LogP contribution < -0.4 is 4.18 Å². The normalized spacial score (nSPS) is 26.7. The molecule has 7 heteroatoms. The van der Waals surface area contributed by atoms with Gasteiger partial charge in [-0.2, -0.15) is 0 Å². The van der Waals surface area contributed by atoms with Crippen LogP contribution in [-0.2, 0) is 9.47 Å². The Morgan fingerprint density at radius 3 is 2.78 bits per heavy atom. The molecule has 3 heterocycles. The molecule has 148 valence electrons. The fourth-order valence-electron chi connectivity index (χ4n) is 4.11. The molecule has 2 unspecified atom stereocenters. The highest BCUT2D eigenvalue weighted by Gasteiger charge is 2.47. The molecule has 1 amide bonds. The van der Waals surface area contributed by atoms with Crippen LogP contribution in [0, 0.1) is 5.41 Å². The fourth-order valence-corrected chi connectivity index (χ4v) is 5.39. The second-order valence-corrected chi connectivity index (χ2v) is 10.2. The molecule has 0 N–H and O–H groups in total. The number of amides is 1. The van der Waals surface area contributed by atoms with Gasteiger partial charge in [-0.3, -0.25) is 0 Å². The zero-order valence-electron chi connectivity index (χ0n) is 16.0. The molecule has 1 aromatic carbocycles. The molecule has 27 heavy (non-hydrogen) atoms. The first kappa shape index (κ1) is 19.2. The minimum absolute atomic E-state index is 0.0468. The summed E-state index contributed by atoms with van der Waals surface area (Å²) in [6.07, 6.45) is 2.73. The summed E-state index contributed by atoms with van der Waals surface area (Å²) >= 11 is 7.57. The molecular weight excluding hydrogens is 386 g/mol. The number of carbonyl (C=O) groups is 1. The van der Waals surface area contributed by atoms with E-state index < -0.39 is 5.60 Å². The summed E-state index contributed by atoms with van der Waals surface area (Å²) in [4.78, 5) is 14.1. The van der Waals surface area contributed by atoms with Gasteiger partial charge >= 0.3 is 6.09 Å². The van der Waals surface area contributed by atoms with Crippen molar-refractivity contribution in [2.24, 2.45) is 5.41 Å². The van der Waals surface area contributed by atoms with Gasteiger partial charge in [0.15, 0.2) is 0 Å². The maximum Gasteiger partial charge on any atom is 0.410 e. The maximum atomic E-state index is 12.3. The molecule has 2 saturated heterocycles. The van der Waals surface area contributed by atoms with Crippen molar-refractivity contribution in [2.45, 2.75) is 57.0 Å². The van der Waals surface area contributed by atoms with Crippen molar-refractivity contribution < 1.29 is 18.5 Å². The number of likely N-dealkylation sites (tertiary alicyclic amines) is 1. The van der Waals surface area contributed by atoms with E-state index in [0.29, 0.717) is 18.1 Å². The Balaban J connectivity index is 1.39. The van der Waals surface area contributed by atoms with Crippen LogP contribution in [0.2, 0.25) is 5.02 Å². The van der Waals surface area contributed by atoms with Crippen LogP contribution in [0.5, 0.6) is 5.75 Å². The van der Waals surface area contributed by atoms with Gasteiger partial charge in [0.1, 0.15) is 17.5 Å². The topological polar surface area (TPSA) is 48.0 Å². The Kier molecular flexibility index (Phi) is 5.02. The lowest BCUT2D eigenvalue weighted by atomic mass is 9.73.